The molecule has 2 amide bonds. The number of carbonyl (C=O) groups excluding carboxylic acids is 2. The van der Waals surface area contributed by atoms with Crippen molar-refractivity contribution in [2.24, 2.45) is 0 Å². The van der Waals surface area contributed by atoms with Crippen LogP contribution in [0.4, 0.5) is 18.0 Å². The van der Waals surface area contributed by atoms with E-state index in [2.05, 4.69) is 10.2 Å². The molecule has 0 saturated carbocycles. The van der Waals surface area contributed by atoms with E-state index in [1.54, 1.807) is 20.8 Å². The fraction of sp³-hybridized carbons (Fsp3) is 0.429. The zero-order chi connectivity index (χ0) is 17.7. The molecule has 0 bridgehead atoms. The molecule has 0 saturated heterocycles. The number of halogens is 3. The Bertz CT molecular complexity index is 568. The van der Waals surface area contributed by atoms with Gasteiger partial charge in [-0.05, 0) is 38.5 Å². The Kier molecular flexibility index (Phi) is 5.83. The van der Waals surface area contributed by atoms with E-state index in [1.165, 1.54) is 12.1 Å². The minimum absolute atomic E-state index is 0.245. The van der Waals surface area contributed by atoms with Crippen molar-refractivity contribution in [1.29, 1.82) is 0 Å². The van der Waals surface area contributed by atoms with Gasteiger partial charge in [0.05, 0.1) is 6.42 Å². The van der Waals surface area contributed by atoms with E-state index in [1.807, 2.05) is 5.43 Å². The number of carbonyl (C=O) groups is 2. The van der Waals surface area contributed by atoms with Gasteiger partial charge in [-0.2, -0.15) is 0 Å². The number of amides is 2. The van der Waals surface area contributed by atoms with Gasteiger partial charge in [0.2, 0.25) is 5.91 Å². The summed E-state index contributed by atoms with van der Waals surface area (Å²) in [6, 6.07) is 4.98. The van der Waals surface area contributed by atoms with Crippen LogP contribution in [0.2, 0.25) is 0 Å². The summed E-state index contributed by atoms with van der Waals surface area (Å²) in [6.45, 7) is 4.96. The summed E-state index contributed by atoms with van der Waals surface area (Å²) in [4.78, 5) is 23.0. The van der Waals surface area contributed by atoms with Crippen LogP contribution in [0.3, 0.4) is 0 Å². The fourth-order valence-electron chi connectivity index (χ4n) is 1.51. The highest BCUT2D eigenvalue weighted by Crippen LogP contribution is 2.23. The molecule has 0 heterocycles. The van der Waals surface area contributed by atoms with Crippen molar-refractivity contribution in [1.82, 2.24) is 10.9 Å². The summed E-state index contributed by atoms with van der Waals surface area (Å²) < 4.78 is 45.0. The van der Waals surface area contributed by atoms with Crippen molar-refractivity contribution in [3.05, 3.63) is 29.8 Å². The third-order valence-electron chi connectivity index (χ3n) is 2.20. The lowest BCUT2D eigenvalue weighted by molar-refractivity contribution is -0.274. The molecule has 0 radical (unpaired) electrons. The third kappa shape index (κ3) is 8.54. The predicted octanol–water partition coefficient (Wildman–Crippen LogP) is 2.68. The average molecular weight is 334 g/mol. The number of benzene rings is 1. The molecular formula is C14H17F3N2O4. The molecule has 0 aliphatic carbocycles. The number of nitrogens with one attached hydrogen (secondary N) is 2. The summed E-state index contributed by atoms with van der Waals surface area (Å²) in [5.74, 6) is -1.05. The molecule has 0 aromatic heterocycles. The maximum absolute atomic E-state index is 12.1. The average Bonchev–Trinajstić information content (AvgIpc) is 2.32. The van der Waals surface area contributed by atoms with Crippen LogP contribution in [0.25, 0.3) is 0 Å². The largest absolute Gasteiger partial charge is 0.573 e. The van der Waals surface area contributed by atoms with E-state index in [0.717, 1.165) is 12.1 Å². The van der Waals surface area contributed by atoms with Crippen molar-refractivity contribution in [3.8, 4) is 5.75 Å². The smallest absolute Gasteiger partial charge is 0.443 e. The summed E-state index contributed by atoms with van der Waals surface area (Å²) in [6.07, 6.45) is -5.90. The Hall–Kier alpha value is -2.45. The molecule has 0 spiro atoms. The Morgan fingerprint density at radius 3 is 2.35 bits per heavy atom. The quantitative estimate of drug-likeness (QED) is 0.833. The molecule has 2 N–H and O–H groups in total. The molecule has 0 fully saturated rings. The van der Waals surface area contributed by atoms with Gasteiger partial charge in [0.25, 0.3) is 0 Å². The summed E-state index contributed by atoms with van der Waals surface area (Å²) >= 11 is 0. The normalized spacial score (nSPS) is 11.6. The van der Waals surface area contributed by atoms with Gasteiger partial charge >= 0.3 is 12.5 Å². The monoisotopic (exact) mass is 334 g/mol. The third-order valence-corrected chi connectivity index (χ3v) is 2.20. The number of rotatable bonds is 3. The minimum atomic E-state index is -4.81. The summed E-state index contributed by atoms with van der Waals surface area (Å²) in [7, 11) is 0. The van der Waals surface area contributed by atoms with E-state index in [4.69, 9.17) is 4.74 Å². The highest BCUT2D eigenvalue weighted by atomic mass is 19.4. The molecule has 1 rings (SSSR count). The Balaban J connectivity index is 2.51. The lowest BCUT2D eigenvalue weighted by Gasteiger charge is -2.19. The first kappa shape index (κ1) is 18.6. The van der Waals surface area contributed by atoms with E-state index in [9.17, 15) is 22.8 Å². The van der Waals surface area contributed by atoms with Gasteiger partial charge < -0.3 is 9.47 Å². The molecule has 1 aromatic carbocycles. The van der Waals surface area contributed by atoms with Crippen LogP contribution in [0.1, 0.15) is 26.3 Å². The highest BCUT2D eigenvalue weighted by Gasteiger charge is 2.31. The maximum atomic E-state index is 12.1. The van der Waals surface area contributed by atoms with Gasteiger partial charge in [-0.3, -0.25) is 10.2 Å². The second-order valence-corrected chi connectivity index (χ2v) is 5.55. The van der Waals surface area contributed by atoms with E-state index in [-0.39, 0.29) is 12.0 Å². The number of alkyl halides is 3. The van der Waals surface area contributed by atoms with Crippen LogP contribution in [0, 0.1) is 0 Å². The van der Waals surface area contributed by atoms with Crippen LogP contribution in [0.5, 0.6) is 5.75 Å². The standard InChI is InChI=1S/C14H17F3N2O4/c1-13(2,3)23-12(21)19-18-11(20)8-9-5-4-6-10(7-9)22-14(15,16)17/h4-7H,8H2,1-3H3,(H,18,20)(H,19,21). The first-order chi connectivity index (χ1) is 10.4. The number of ether oxygens (including phenoxy) is 2. The molecule has 1 aromatic rings. The number of hydrazine groups is 1. The molecular weight excluding hydrogens is 317 g/mol. The summed E-state index contributed by atoms with van der Waals surface area (Å²) in [5.41, 5.74) is 3.70. The zero-order valence-corrected chi connectivity index (χ0v) is 12.8. The van der Waals surface area contributed by atoms with Gasteiger partial charge in [0.1, 0.15) is 11.4 Å². The van der Waals surface area contributed by atoms with Crippen molar-refractivity contribution in [2.75, 3.05) is 0 Å². The Morgan fingerprint density at radius 1 is 1.13 bits per heavy atom. The topological polar surface area (TPSA) is 76.7 Å². The highest BCUT2D eigenvalue weighted by molar-refractivity contribution is 5.81. The number of hydrogen-bond donors (Lipinski definition) is 2. The molecule has 6 nitrogen and oxygen atoms in total. The molecule has 0 aliphatic heterocycles. The van der Waals surface area contributed by atoms with Crippen molar-refractivity contribution in [2.45, 2.75) is 39.2 Å². The molecule has 128 valence electrons. The van der Waals surface area contributed by atoms with Crippen LogP contribution >= 0.6 is 0 Å². The van der Waals surface area contributed by atoms with Crippen molar-refractivity contribution >= 4 is 12.0 Å². The minimum Gasteiger partial charge on any atom is -0.443 e. The molecule has 0 aliphatic rings. The molecule has 9 heteroatoms. The Labute approximate surface area is 130 Å². The second kappa shape index (κ2) is 7.21. The zero-order valence-electron chi connectivity index (χ0n) is 12.8. The van der Waals surface area contributed by atoms with E-state index < -0.39 is 29.7 Å². The van der Waals surface area contributed by atoms with Gasteiger partial charge in [-0.25, -0.2) is 10.2 Å². The van der Waals surface area contributed by atoms with Crippen LogP contribution in [0.15, 0.2) is 24.3 Å². The first-order valence-electron chi connectivity index (χ1n) is 6.57. The van der Waals surface area contributed by atoms with Crippen LogP contribution < -0.4 is 15.6 Å². The molecule has 23 heavy (non-hydrogen) atoms. The first-order valence-corrected chi connectivity index (χ1v) is 6.57. The van der Waals surface area contributed by atoms with Crippen molar-refractivity contribution < 1.29 is 32.2 Å². The summed E-state index contributed by atoms with van der Waals surface area (Å²) in [5, 5.41) is 0. The van der Waals surface area contributed by atoms with Crippen molar-refractivity contribution in [3.63, 3.8) is 0 Å². The lowest BCUT2D eigenvalue weighted by Crippen LogP contribution is -2.44. The van der Waals surface area contributed by atoms with E-state index in [0.29, 0.717) is 0 Å². The van der Waals surface area contributed by atoms with E-state index >= 15 is 0 Å². The molecule has 0 unspecified atom stereocenters. The van der Waals surface area contributed by atoms with Crippen LogP contribution in [-0.4, -0.2) is 24.0 Å². The number of hydrogen-bond acceptors (Lipinski definition) is 4. The lowest BCUT2D eigenvalue weighted by atomic mass is 10.1. The van der Waals surface area contributed by atoms with Crippen LogP contribution in [-0.2, 0) is 16.0 Å². The van der Waals surface area contributed by atoms with Gasteiger partial charge in [-0.15, -0.1) is 13.2 Å². The predicted molar refractivity (Wildman–Crippen MR) is 74.3 cm³/mol. The maximum Gasteiger partial charge on any atom is 0.573 e. The fourth-order valence-corrected chi connectivity index (χ4v) is 1.51. The Morgan fingerprint density at radius 2 is 1.78 bits per heavy atom. The van der Waals surface area contributed by atoms with Gasteiger partial charge in [0, 0.05) is 0 Å². The second-order valence-electron chi connectivity index (χ2n) is 5.55. The van der Waals surface area contributed by atoms with Gasteiger partial charge in [0.15, 0.2) is 0 Å². The van der Waals surface area contributed by atoms with Gasteiger partial charge in [-0.1, -0.05) is 12.1 Å². The SMILES string of the molecule is CC(C)(C)OC(=O)NNC(=O)Cc1cccc(OC(F)(F)F)c1. The molecule has 0 atom stereocenters.